The number of carbonyl (C=O) groups excluding carboxylic acids is 1. The molecule has 0 aliphatic carbocycles. The Morgan fingerprint density at radius 1 is 1.11 bits per heavy atom. The van der Waals surface area contributed by atoms with Crippen molar-refractivity contribution >= 4 is 5.91 Å². The lowest BCUT2D eigenvalue weighted by molar-refractivity contribution is -0.121. The molecular weight excluding hydrogens is 340 g/mol. The highest BCUT2D eigenvalue weighted by molar-refractivity contribution is 5.76. The van der Waals surface area contributed by atoms with Crippen molar-refractivity contribution in [2.45, 2.75) is 32.7 Å². The maximum atomic E-state index is 12.1. The third-order valence-electron chi connectivity index (χ3n) is 4.12. The van der Waals surface area contributed by atoms with E-state index in [2.05, 4.69) is 17.2 Å². The van der Waals surface area contributed by atoms with Gasteiger partial charge in [0.15, 0.2) is 5.76 Å². The molecular formula is C22H24N2O3. The summed E-state index contributed by atoms with van der Waals surface area (Å²) in [7, 11) is 0. The van der Waals surface area contributed by atoms with Crippen LogP contribution in [0.5, 0.6) is 5.75 Å². The highest BCUT2D eigenvalue weighted by Gasteiger charge is 2.05. The Morgan fingerprint density at radius 2 is 1.93 bits per heavy atom. The lowest BCUT2D eigenvalue weighted by Gasteiger charge is -2.07. The average molecular weight is 364 g/mol. The minimum Gasteiger partial charge on any atom is -0.494 e. The molecule has 5 nitrogen and oxygen atoms in total. The van der Waals surface area contributed by atoms with Crippen LogP contribution in [0.15, 0.2) is 65.4 Å². The highest BCUT2D eigenvalue weighted by atomic mass is 16.5. The standard InChI is InChI=1S/C22H24N2O3/c1-2-13-26-19-9-5-17(6-10-19)8-12-22(25)24-16-18-7-11-20(23-15-18)21-4-3-14-27-21/h3-7,9-11,14-15H,2,8,12-13,16H2,1H3,(H,24,25). The van der Waals surface area contributed by atoms with E-state index >= 15 is 0 Å². The van der Waals surface area contributed by atoms with E-state index in [0.29, 0.717) is 19.4 Å². The number of hydrogen-bond acceptors (Lipinski definition) is 4. The number of benzene rings is 1. The Labute approximate surface area is 159 Å². The second-order valence-corrected chi connectivity index (χ2v) is 6.30. The molecule has 2 aromatic heterocycles. The summed E-state index contributed by atoms with van der Waals surface area (Å²) in [5, 5.41) is 2.94. The smallest absolute Gasteiger partial charge is 0.220 e. The van der Waals surface area contributed by atoms with Crippen LogP contribution >= 0.6 is 0 Å². The molecule has 0 unspecified atom stereocenters. The fraction of sp³-hybridized carbons (Fsp3) is 0.273. The van der Waals surface area contributed by atoms with Crippen molar-refractivity contribution in [1.82, 2.24) is 10.3 Å². The van der Waals surface area contributed by atoms with Gasteiger partial charge in [-0.3, -0.25) is 9.78 Å². The molecule has 1 amide bonds. The van der Waals surface area contributed by atoms with Gasteiger partial charge in [-0.1, -0.05) is 25.1 Å². The molecule has 27 heavy (non-hydrogen) atoms. The lowest BCUT2D eigenvalue weighted by Crippen LogP contribution is -2.23. The quantitative estimate of drug-likeness (QED) is 0.612. The molecule has 140 valence electrons. The number of carbonyl (C=O) groups is 1. The number of furan rings is 1. The van der Waals surface area contributed by atoms with E-state index in [1.165, 1.54) is 0 Å². The summed E-state index contributed by atoms with van der Waals surface area (Å²) >= 11 is 0. The molecule has 0 radical (unpaired) electrons. The summed E-state index contributed by atoms with van der Waals surface area (Å²) < 4.78 is 10.9. The summed E-state index contributed by atoms with van der Waals surface area (Å²) in [6, 6.07) is 15.5. The van der Waals surface area contributed by atoms with Gasteiger partial charge in [-0.15, -0.1) is 0 Å². The molecule has 5 heteroatoms. The minimum atomic E-state index is 0.0245. The highest BCUT2D eigenvalue weighted by Crippen LogP contribution is 2.17. The maximum absolute atomic E-state index is 12.1. The van der Waals surface area contributed by atoms with E-state index in [4.69, 9.17) is 9.15 Å². The molecule has 0 atom stereocenters. The van der Waals surface area contributed by atoms with Gasteiger partial charge in [0.2, 0.25) is 5.91 Å². The molecule has 0 aliphatic heterocycles. The molecule has 3 aromatic rings. The molecule has 3 rings (SSSR count). The SMILES string of the molecule is CCCOc1ccc(CCC(=O)NCc2ccc(-c3ccco3)nc2)cc1. The zero-order valence-corrected chi connectivity index (χ0v) is 15.5. The Balaban J connectivity index is 1.41. The van der Waals surface area contributed by atoms with Crippen molar-refractivity contribution < 1.29 is 13.9 Å². The van der Waals surface area contributed by atoms with Gasteiger partial charge in [0.05, 0.1) is 12.9 Å². The Hall–Kier alpha value is -3.08. The van der Waals surface area contributed by atoms with Gasteiger partial charge >= 0.3 is 0 Å². The fourth-order valence-electron chi connectivity index (χ4n) is 2.62. The molecule has 0 saturated heterocycles. The van der Waals surface area contributed by atoms with Crippen molar-refractivity contribution in [3.8, 4) is 17.2 Å². The molecule has 0 fully saturated rings. The van der Waals surface area contributed by atoms with Crippen molar-refractivity contribution in [3.63, 3.8) is 0 Å². The van der Waals surface area contributed by atoms with Crippen LogP contribution in [-0.2, 0) is 17.8 Å². The first-order valence-electron chi connectivity index (χ1n) is 9.22. The average Bonchev–Trinajstić information content (AvgIpc) is 3.25. The first kappa shape index (κ1) is 18.7. The van der Waals surface area contributed by atoms with Crippen LogP contribution in [0, 0.1) is 0 Å². The van der Waals surface area contributed by atoms with Gasteiger partial charge in [0.25, 0.3) is 0 Å². The third-order valence-corrected chi connectivity index (χ3v) is 4.12. The Morgan fingerprint density at radius 3 is 2.59 bits per heavy atom. The maximum Gasteiger partial charge on any atom is 0.220 e. The lowest BCUT2D eigenvalue weighted by atomic mass is 10.1. The van der Waals surface area contributed by atoms with Crippen LogP contribution in [0.2, 0.25) is 0 Å². The number of rotatable bonds is 9. The van der Waals surface area contributed by atoms with Crippen LogP contribution in [0.4, 0.5) is 0 Å². The molecule has 0 aliphatic rings. The summed E-state index contributed by atoms with van der Waals surface area (Å²) in [6.45, 7) is 3.27. The topological polar surface area (TPSA) is 64.4 Å². The fourth-order valence-corrected chi connectivity index (χ4v) is 2.62. The van der Waals surface area contributed by atoms with Crippen LogP contribution in [0.1, 0.15) is 30.9 Å². The molecule has 0 saturated carbocycles. The summed E-state index contributed by atoms with van der Waals surface area (Å²) in [4.78, 5) is 16.4. The number of aryl methyl sites for hydroxylation is 1. The normalized spacial score (nSPS) is 10.6. The molecule has 0 bridgehead atoms. The van der Waals surface area contributed by atoms with Crippen molar-refractivity contribution in [2.24, 2.45) is 0 Å². The number of amides is 1. The number of ether oxygens (including phenoxy) is 1. The monoisotopic (exact) mass is 364 g/mol. The first-order valence-corrected chi connectivity index (χ1v) is 9.22. The molecule has 1 aromatic carbocycles. The zero-order valence-electron chi connectivity index (χ0n) is 15.5. The van der Waals surface area contributed by atoms with Crippen molar-refractivity contribution in [2.75, 3.05) is 6.61 Å². The predicted molar refractivity (Wildman–Crippen MR) is 104 cm³/mol. The second kappa shape index (κ2) is 9.57. The summed E-state index contributed by atoms with van der Waals surface area (Å²) in [6.07, 6.45) is 5.52. The number of hydrogen-bond donors (Lipinski definition) is 1. The number of pyridine rings is 1. The Kier molecular flexibility index (Phi) is 6.63. The van der Waals surface area contributed by atoms with Crippen molar-refractivity contribution in [1.29, 1.82) is 0 Å². The van der Waals surface area contributed by atoms with Gasteiger partial charge in [-0.25, -0.2) is 0 Å². The second-order valence-electron chi connectivity index (χ2n) is 6.30. The van der Waals surface area contributed by atoms with E-state index in [1.807, 2.05) is 48.5 Å². The molecule has 0 spiro atoms. The number of nitrogens with zero attached hydrogens (tertiary/aromatic N) is 1. The summed E-state index contributed by atoms with van der Waals surface area (Å²) in [5.41, 5.74) is 2.86. The van der Waals surface area contributed by atoms with Gasteiger partial charge in [-0.2, -0.15) is 0 Å². The Bertz CT molecular complexity index is 825. The third kappa shape index (κ3) is 5.71. The largest absolute Gasteiger partial charge is 0.494 e. The molecule has 1 N–H and O–H groups in total. The van der Waals surface area contributed by atoms with Gasteiger partial charge < -0.3 is 14.5 Å². The van der Waals surface area contributed by atoms with Crippen LogP contribution in [0.25, 0.3) is 11.5 Å². The van der Waals surface area contributed by atoms with E-state index in [0.717, 1.165) is 41.4 Å². The van der Waals surface area contributed by atoms with Gasteiger partial charge in [-0.05, 0) is 54.3 Å². The number of nitrogens with one attached hydrogen (secondary N) is 1. The van der Waals surface area contributed by atoms with Gasteiger partial charge in [0, 0.05) is 19.2 Å². The molecule has 2 heterocycles. The van der Waals surface area contributed by atoms with E-state index in [-0.39, 0.29) is 5.91 Å². The first-order chi connectivity index (χ1) is 13.2. The summed E-state index contributed by atoms with van der Waals surface area (Å²) in [5.74, 6) is 1.63. The van der Waals surface area contributed by atoms with Crippen LogP contribution < -0.4 is 10.1 Å². The van der Waals surface area contributed by atoms with Crippen molar-refractivity contribution in [3.05, 3.63) is 72.1 Å². The van der Waals surface area contributed by atoms with Gasteiger partial charge in [0.1, 0.15) is 11.4 Å². The number of aromatic nitrogens is 1. The zero-order chi connectivity index (χ0) is 18.9. The predicted octanol–water partition coefficient (Wildman–Crippen LogP) is 4.38. The van der Waals surface area contributed by atoms with Crippen LogP contribution in [0.3, 0.4) is 0 Å². The minimum absolute atomic E-state index is 0.0245. The van der Waals surface area contributed by atoms with E-state index < -0.39 is 0 Å². The van der Waals surface area contributed by atoms with E-state index in [9.17, 15) is 4.79 Å². The van der Waals surface area contributed by atoms with Crippen LogP contribution in [-0.4, -0.2) is 17.5 Å². The van der Waals surface area contributed by atoms with E-state index in [1.54, 1.807) is 12.5 Å².